The number of carboxylic acid groups (broad SMARTS) is 1. The number of hydrogen-bond acceptors (Lipinski definition) is 26. The highest BCUT2D eigenvalue weighted by atomic mass is 32.2. The molecule has 134 heavy (non-hydrogen) atoms. The summed E-state index contributed by atoms with van der Waals surface area (Å²) in [6, 6.07) is 52.0. The van der Waals surface area contributed by atoms with Gasteiger partial charge in [-0.2, -0.15) is 39.5 Å². The van der Waals surface area contributed by atoms with Crippen molar-refractivity contribution in [1.29, 1.82) is 15.8 Å². The number of aromatic nitrogens is 12. The van der Waals surface area contributed by atoms with Gasteiger partial charge in [-0.3, -0.25) is 28.2 Å². The summed E-state index contributed by atoms with van der Waals surface area (Å²) in [6.07, 6.45) is 25.7. The molecule has 3 aliphatic heterocycles. The van der Waals surface area contributed by atoms with Crippen LogP contribution in [-0.4, -0.2) is 174 Å². The van der Waals surface area contributed by atoms with Gasteiger partial charge >= 0.3 is 18.2 Å². The molecule has 10 N–H and O–H groups in total. The van der Waals surface area contributed by atoms with Gasteiger partial charge in [0, 0.05) is 91.2 Å². The first-order chi connectivity index (χ1) is 64.8. The van der Waals surface area contributed by atoms with Crippen molar-refractivity contribution >= 4 is 75.0 Å². The molecule has 36 heteroatoms. The molecule has 0 unspecified atom stereocenters. The summed E-state index contributed by atoms with van der Waals surface area (Å²) < 4.78 is 46.3. The maximum Gasteiger partial charge on any atom is 0.410 e. The third-order valence-corrected chi connectivity index (χ3v) is 23.1. The van der Waals surface area contributed by atoms with Gasteiger partial charge in [0.1, 0.15) is 25.3 Å². The molecule has 4 amide bonds. The Bertz CT molecular complexity index is 6100. The molecule has 3 fully saturated rings. The van der Waals surface area contributed by atoms with Crippen LogP contribution in [0.1, 0.15) is 180 Å². The summed E-state index contributed by atoms with van der Waals surface area (Å²) in [4.78, 5) is 91.9. The molecule has 0 radical (unpaired) electrons. The first-order valence-electron chi connectivity index (χ1n) is 44.5. The van der Waals surface area contributed by atoms with Crippen molar-refractivity contribution in [3.63, 3.8) is 0 Å². The average Bonchev–Trinajstić information content (AvgIpc) is 1.56. The van der Waals surface area contributed by atoms with E-state index in [0.717, 1.165) is 162 Å². The second-order valence-corrected chi connectivity index (χ2v) is 33.8. The van der Waals surface area contributed by atoms with Gasteiger partial charge < -0.3 is 62.0 Å². The van der Waals surface area contributed by atoms with Crippen LogP contribution >= 0.6 is 0 Å². The quantitative estimate of drug-likeness (QED) is 0.0206. The normalized spacial score (nSPS) is 13.9. The van der Waals surface area contributed by atoms with E-state index in [1.54, 1.807) is 108 Å². The summed E-state index contributed by atoms with van der Waals surface area (Å²) >= 11 is 0. The third kappa shape index (κ3) is 29.7. The zero-order valence-corrected chi connectivity index (χ0v) is 76.8. The second kappa shape index (κ2) is 49.7. The number of hydrogen-bond donors (Lipinski definition) is 9. The molecule has 0 spiro atoms. The van der Waals surface area contributed by atoms with Crippen molar-refractivity contribution in [2.24, 2.45) is 5.73 Å². The van der Waals surface area contributed by atoms with E-state index in [9.17, 15) is 42.9 Å². The number of anilines is 6. The molecule has 3 aliphatic rings. The number of aromatic carboxylic acids is 1. The summed E-state index contributed by atoms with van der Waals surface area (Å²) in [5.41, 5.74) is 19.2. The van der Waals surface area contributed by atoms with E-state index in [1.165, 1.54) is 12.1 Å². The van der Waals surface area contributed by atoms with Gasteiger partial charge in [-0.1, -0.05) is 155 Å². The lowest BCUT2D eigenvalue weighted by Crippen LogP contribution is -2.39. The van der Waals surface area contributed by atoms with Crippen LogP contribution in [0.2, 0.25) is 0 Å². The number of carboxylic acids is 1. The molecule has 3 atom stereocenters. The molecule has 0 bridgehead atoms. The monoisotopic (exact) mass is 1830 g/mol. The van der Waals surface area contributed by atoms with Crippen molar-refractivity contribution in [1.82, 2.24) is 85.0 Å². The number of piperidine rings is 3. The van der Waals surface area contributed by atoms with E-state index < -0.39 is 28.2 Å². The van der Waals surface area contributed by atoms with Crippen LogP contribution < -0.4 is 37.6 Å². The van der Waals surface area contributed by atoms with E-state index in [2.05, 4.69) is 79.3 Å². The van der Waals surface area contributed by atoms with Crippen molar-refractivity contribution in [2.45, 2.75) is 180 Å². The standard InChI is InChI=1S/C33H36N8O3.C28H28N6O4.C25H30N8O.C7H8O3S.C5H10N2/c1-3-7-27(18-34)37-31(42)26-12-10-25(11-13-26)30-23(2)19-35-32(39-30)38-28-20-36-41(21-28)29-14-16-40(17-15-29)33(43)44-22-24-8-5-4-6-9-24;1-19-15-29-27(32-25(19)21-7-9-22(10-8-21)26(35)36)31-23-16-30-34(17-23)24-11-13-33(14-12-24)28(37)38-18-20-5-3-2-4-6-20;1-3-4-20(13-26)30-24(34)19-7-5-18(6-8-19)23-17(2)14-28-25(32-23)31-21-15-29-33(16-21)22-9-11-27-12-10-22;1-6-2-4-7(5-3-6)11(8,9)10;1-2-3-5(7)4-6/h4-6,8-13,19-21,27,29H,3,7,14-17,22H2,1-2H3,(H,37,42)(H,35,38,39);2-10,15-17,24H,11-14,18H2,1H3,(H,35,36)(H,29,31,32);5-8,14-16,20,22,27H,3-4,9-12H2,1-2H3,(H,30,34)(H,28,31,32);2-5H,1H3,(H,8,9,10);5H,2-3,7H2,1H3/t27-;;20-;;5-/m0.0.0/s1. The lowest BCUT2D eigenvalue weighted by atomic mass is 10.1. The highest BCUT2D eigenvalue weighted by Crippen LogP contribution is 2.32. The third-order valence-electron chi connectivity index (χ3n) is 22.2. The molecule has 9 heterocycles. The van der Waals surface area contributed by atoms with Gasteiger partial charge in [-0.15, -0.1) is 0 Å². The van der Waals surface area contributed by atoms with E-state index in [4.69, 9.17) is 40.1 Å². The van der Waals surface area contributed by atoms with Crippen LogP contribution in [0, 0.1) is 61.7 Å². The number of nitrogens with two attached hydrogens (primary N) is 1. The van der Waals surface area contributed by atoms with Crippen LogP contribution in [-0.2, 0) is 32.8 Å². The van der Waals surface area contributed by atoms with Gasteiger partial charge in [0.05, 0.1) is 106 Å². The maximum atomic E-state index is 12.6. The number of nitrogens with one attached hydrogen (secondary N) is 6. The average molecular weight is 1830 g/mol. The second-order valence-electron chi connectivity index (χ2n) is 32.4. The van der Waals surface area contributed by atoms with Gasteiger partial charge in [-0.25, -0.2) is 44.3 Å². The molecule has 6 aromatic heterocycles. The van der Waals surface area contributed by atoms with Gasteiger partial charge in [0.25, 0.3) is 21.9 Å². The smallest absolute Gasteiger partial charge is 0.410 e. The number of nitrogens with zero attached hydrogens (tertiary/aromatic N) is 17. The SMILES string of the molecule is CCC[C@@H](C#N)NC(=O)c1ccc(-c2nc(Nc3cnn(C4CCN(C(=O)OCc5ccccc5)CC4)c3)ncc2C)cc1.CCC[C@@H](C#N)NC(=O)c1ccc(-c2nc(Nc3cnn(C4CCNCC4)c3)ncc2C)cc1.CCC[C@H](N)C#N.Cc1ccc(S(=O)(=O)O)cc1.Cc1cnc(Nc2cnn(C3CCN(C(=O)OCc4ccccc4)CC3)c2)nc1-c1ccc(C(=O)O)cc1. The highest BCUT2D eigenvalue weighted by molar-refractivity contribution is 7.85. The Balaban J connectivity index is 0.000000177. The number of ether oxygens (including phenoxy) is 2. The lowest BCUT2D eigenvalue weighted by molar-refractivity contribution is 0.0695. The summed E-state index contributed by atoms with van der Waals surface area (Å²) in [5, 5.41) is 67.8. The van der Waals surface area contributed by atoms with Crippen molar-refractivity contribution in [2.75, 3.05) is 55.2 Å². The zero-order chi connectivity index (χ0) is 95.5. The number of carbonyl (C=O) groups is 5. The maximum absolute atomic E-state index is 12.6. The summed E-state index contributed by atoms with van der Waals surface area (Å²) in [6.45, 7) is 18.6. The summed E-state index contributed by atoms with van der Waals surface area (Å²) in [5.74, 6) is -0.154. The Morgan fingerprint density at radius 3 is 1.13 bits per heavy atom. The van der Waals surface area contributed by atoms with Gasteiger partial charge in [0.15, 0.2) is 0 Å². The fraction of sp³-hybridized carbons (Fsp3) is 0.337. The Hall–Kier alpha value is -15.2. The molecular formula is C98H112N24O11S. The molecule has 696 valence electrons. The predicted molar refractivity (Wildman–Crippen MR) is 507 cm³/mol. The fourth-order valence-corrected chi connectivity index (χ4v) is 15.2. The van der Waals surface area contributed by atoms with Crippen LogP contribution in [0.5, 0.6) is 0 Å². The number of benzene rings is 6. The Morgan fingerprint density at radius 2 is 0.813 bits per heavy atom. The lowest BCUT2D eigenvalue weighted by Gasteiger charge is -2.31. The minimum absolute atomic E-state index is 0.0666. The molecule has 0 aliphatic carbocycles. The van der Waals surface area contributed by atoms with Crippen molar-refractivity contribution in [3.8, 4) is 52.0 Å². The first kappa shape index (κ1) is 99.4. The number of nitriles is 3. The molecule has 15 rings (SSSR count). The van der Waals surface area contributed by atoms with E-state index >= 15 is 0 Å². The molecule has 12 aromatic rings. The number of carbonyl (C=O) groups excluding carboxylic acids is 4. The van der Waals surface area contributed by atoms with Crippen LogP contribution in [0.4, 0.5) is 44.5 Å². The molecule has 3 saturated heterocycles. The zero-order valence-electron chi connectivity index (χ0n) is 76.0. The Labute approximate surface area is 779 Å². The van der Waals surface area contributed by atoms with Crippen LogP contribution in [0.15, 0.2) is 218 Å². The number of amides is 4. The largest absolute Gasteiger partial charge is 0.478 e. The minimum Gasteiger partial charge on any atom is -0.478 e. The molecule has 6 aromatic carbocycles. The van der Waals surface area contributed by atoms with Crippen LogP contribution in [0.25, 0.3) is 33.8 Å². The number of aryl methyl sites for hydroxylation is 4. The molecular weight excluding hydrogens is 1720 g/mol. The van der Waals surface area contributed by atoms with E-state index in [0.29, 0.717) is 74.0 Å². The van der Waals surface area contributed by atoms with Gasteiger partial charge in [0.2, 0.25) is 17.8 Å². The Kier molecular flexibility index (Phi) is 36.9. The van der Waals surface area contributed by atoms with Crippen LogP contribution in [0.3, 0.4) is 0 Å². The van der Waals surface area contributed by atoms with Crippen molar-refractivity contribution in [3.05, 3.63) is 264 Å². The molecule has 0 saturated carbocycles. The number of likely N-dealkylation sites (tertiary alicyclic amines) is 2. The molecule has 35 nitrogen and oxygen atoms in total. The van der Waals surface area contributed by atoms with Gasteiger partial charge in [-0.05, 0) is 175 Å². The minimum atomic E-state index is -4.02. The first-order valence-corrected chi connectivity index (χ1v) is 45.9. The summed E-state index contributed by atoms with van der Waals surface area (Å²) in [7, 11) is -4.02. The number of rotatable bonds is 28. The highest BCUT2D eigenvalue weighted by Gasteiger charge is 2.29. The Morgan fingerprint density at radius 1 is 0.470 bits per heavy atom. The topological polar surface area (TPSA) is 485 Å². The predicted octanol–water partition coefficient (Wildman–Crippen LogP) is 16.5. The van der Waals surface area contributed by atoms with E-state index in [1.807, 2.05) is 172 Å². The van der Waals surface area contributed by atoms with E-state index in [-0.39, 0.29) is 65.8 Å². The fourth-order valence-electron chi connectivity index (χ4n) is 14.7. The van der Waals surface area contributed by atoms with Crippen molar-refractivity contribution < 1.29 is 51.5 Å².